The summed E-state index contributed by atoms with van der Waals surface area (Å²) in [7, 11) is -2.60. The predicted octanol–water partition coefficient (Wildman–Crippen LogP) is 1.91. The van der Waals surface area contributed by atoms with Crippen molar-refractivity contribution in [3.63, 3.8) is 0 Å². The van der Waals surface area contributed by atoms with E-state index >= 15 is 0 Å². The highest BCUT2D eigenvalue weighted by Gasteiger charge is 2.39. The van der Waals surface area contributed by atoms with Crippen molar-refractivity contribution in [1.82, 2.24) is 0 Å². The lowest BCUT2D eigenvalue weighted by Crippen LogP contribution is -2.46. The zero-order valence-corrected chi connectivity index (χ0v) is 18.5. The van der Waals surface area contributed by atoms with Gasteiger partial charge in [-0.05, 0) is 32.6 Å². The van der Waals surface area contributed by atoms with Crippen molar-refractivity contribution in [2.45, 2.75) is 32.7 Å². The first-order valence-electron chi connectivity index (χ1n) is 9.60. The van der Waals surface area contributed by atoms with E-state index in [1.807, 2.05) is 32.1 Å². The summed E-state index contributed by atoms with van der Waals surface area (Å²) in [5.74, 6) is 0.382. The summed E-state index contributed by atoms with van der Waals surface area (Å²) in [4.78, 5) is 0. The highest BCUT2D eigenvalue weighted by atomic mass is 28.4. The highest BCUT2D eigenvalue weighted by Crippen LogP contribution is 2.20. The molecule has 0 saturated carbocycles. The third-order valence-electron chi connectivity index (χ3n) is 4.00. The minimum absolute atomic E-state index is 0.382. The monoisotopic (exact) mass is 420 g/mol. The second-order valence-electron chi connectivity index (χ2n) is 6.40. The topological polar surface area (TPSA) is 109 Å². The molecule has 4 N–H and O–H groups in total. The van der Waals surface area contributed by atoms with Gasteiger partial charge < -0.3 is 33.7 Å². The van der Waals surface area contributed by atoms with E-state index in [9.17, 15) is 0 Å². The van der Waals surface area contributed by atoms with Gasteiger partial charge in [-0.2, -0.15) is 0 Å². The van der Waals surface area contributed by atoms with Crippen LogP contribution >= 0.6 is 0 Å². The van der Waals surface area contributed by atoms with Crippen molar-refractivity contribution in [3.8, 4) is 0 Å². The van der Waals surface area contributed by atoms with Crippen LogP contribution in [0.1, 0.15) is 26.7 Å². The van der Waals surface area contributed by atoms with Crippen molar-refractivity contribution in [2.75, 3.05) is 46.2 Å². The minimum Gasteiger partial charge on any atom is -0.396 e. The quantitative estimate of drug-likeness (QED) is 0.210. The Bertz CT molecular complexity index is 367. The van der Waals surface area contributed by atoms with Gasteiger partial charge in [0.1, 0.15) is 0 Å². The standard InChI is InChI=1S/C15H28O3Si.C5H12O4/c1-6-11-15(12-7-2)14-18-19(13-8-3,16-9-4)17-10-5;6-1-5(2-7,3-8)4-9/h6-8,15H,1-3,9-14H2,4-5H3;6-9H,1-4H2. The molecule has 0 aliphatic rings. The van der Waals surface area contributed by atoms with Gasteiger partial charge in [0.15, 0.2) is 0 Å². The largest absolute Gasteiger partial charge is 0.504 e. The molecule has 0 aliphatic heterocycles. The van der Waals surface area contributed by atoms with Gasteiger partial charge in [0, 0.05) is 25.9 Å². The van der Waals surface area contributed by atoms with Crippen LogP contribution in [0.25, 0.3) is 0 Å². The van der Waals surface area contributed by atoms with Crippen molar-refractivity contribution in [3.05, 3.63) is 38.0 Å². The second kappa shape index (κ2) is 18.2. The summed E-state index contributed by atoms with van der Waals surface area (Å²) < 4.78 is 17.6. The lowest BCUT2D eigenvalue weighted by Gasteiger charge is -2.29. The molecule has 0 unspecified atom stereocenters. The predicted molar refractivity (Wildman–Crippen MR) is 114 cm³/mol. The Kier molecular flexibility index (Phi) is 19.1. The summed E-state index contributed by atoms with van der Waals surface area (Å²) in [5.41, 5.74) is -1.11. The van der Waals surface area contributed by atoms with Crippen molar-refractivity contribution in [1.29, 1.82) is 0 Å². The molecule has 0 fully saturated rings. The fourth-order valence-corrected chi connectivity index (χ4v) is 4.49. The first kappa shape index (κ1) is 29.4. The Balaban J connectivity index is 0. The van der Waals surface area contributed by atoms with E-state index in [1.54, 1.807) is 0 Å². The highest BCUT2D eigenvalue weighted by molar-refractivity contribution is 6.61. The van der Waals surface area contributed by atoms with Crippen LogP contribution in [0.3, 0.4) is 0 Å². The maximum absolute atomic E-state index is 8.50. The molecule has 0 amide bonds. The van der Waals surface area contributed by atoms with Gasteiger partial charge in [0.2, 0.25) is 0 Å². The van der Waals surface area contributed by atoms with E-state index in [1.165, 1.54) is 0 Å². The second-order valence-corrected chi connectivity index (χ2v) is 9.04. The number of rotatable bonds is 17. The molecule has 28 heavy (non-hydrogen) atoms. The normalized spacial score (nSPS) is 11.7. The number of hydrogen-bond acceptors (Lipinski definition) is 7. The molecule has 0 aliphatic carbocycles. The molecule has 0 bridgehead atoms. The van der Waals surface area contributed by atoms with Gasteiger partial charge in [-0.15, -0.1) is 19.7 Å². The van der Waals surface area contributed by atoms with E-state index in [-0.39, 0.29) is 0 Å². The lowest BCUT2D eigenvalue weighted by atomic mass is 9.93. The molecular formula is C20H40O7Si. The third-order valence-corrected chi connectivity index (χ3v) is 6.86. The molecule has 0 aromatic rings. The maximum atomic E-state index is 8.50. The molecule has 0 aromatic heterocycles. The Labute approximate surface area is 171 Å². The molecule has 0 aromatic carbocycles. The van der Waals surface area contributed by atoms with Gasteiger partial charge in [-0.25, -0.2) is 0 Å². The Morgan fingerprint density at radius 1 is 0.786 bits per heavy atom. The summed E-state index contributed by atoms with van der Waals surface area (Å²) in [6.45, 7) is 15.4. The smallest absolute Gasteiger partial charge is 0.396 e. The summed E-state index contributed by atoms with van der Waals surface area (Å²) >= 11 is 0. The first-order chi connectivity index (χ1) is 13.4. The zero-order valence-electron chi connectivity index (χ0n) is 17.5. The molecule has 0 saturated heterocycles. The Morgan fingerprint density at radius 3 is 1.46 bits per heavy atom. The molecule has 0 rings (SSSR count). The first-order valence-corrected chi connectivity index (χ1v) is 11.5. The summed E-state index contributed by atoms with van der Waals surface area (Å²) in [6, 6.07) is 0.642. The van der Waals surface area contributed by atoms with Crippen molar-refractivity contribution >= 4 is 8.80 Å². The van der Waals surface area contributed by atoms with E-state index < -0.39 is 40.6 Å². The molecule has 0 atom stereocenters. The summed E-state index contributed by atoms with van der Waals surface area (Å²) in [5, 5.41) is 34.0. The molecule has 0 heterocycles. The van der Waals surface area contributed by atoms with Crippen LogP contribution in [0.5, 0.6) is 0 Å². The average molecular weight is 421 g/mol. The number of aliphatic hydroxyl groups excluding tert-OH is 4. The molecule has 0 radical (unpaired) electrons. The maximum Gasteiger partial charge on any atom is 0.504 e. The number of hydrogen-bond donors (Lipinski definition) is 4. The molecule has 166 valence electrons. The van der Waals surface area contributed by atoms with Crippen LogP contribution in [0.4, 0.5) is 0 Å². The van der Waals surface area contributed by atoms with E-state index in [0.717, 1.165) is 12.8 Å². The lowest BCUT2D eigenvalue weighted by molar-refractivity contribution is -0.0328. The number of aliphatic hydroxyl groups is 4. The molecular weight excluding hydrogens is 380 g/mol. The van der Waals surface area contributed by atoms with Gasteiger partial charge in [-0.3, -0.25) is 0 Å². The molecule has 7 nitrogen and oxygen atoms in total. The van der Waals surface area contributed by atoms with E-state index in [4.69, 9.17) is 33.7 Å². The number of allylic oxidation sites excluding steroid dienone is 3. The Hall–Kier alpha value is -0.843. The van der Waals surface area contributed by atoms with E-state index in [0.29, 0.717) is 31.8 Å². The van der Waals surface area contributed by atoms with Gasteiger partial charge >= 0.3 is 8.80 Å². The molecule has 8 heteroatoms. The fraction of sp³-hybridized carbons (Fsp3) is 0.700. The fourth-order valence-electron chi connectivity index (χ4n) is 2.17. The minimum atomic E-state index is -2.60. The van der Waals surface area contributed by atoms with E-state index in [2.05, 4.69) is 19.7 Å². The summed E-state index contributed by atoms with van der Waals surface area (Å²) in [6.07, 6.45) is 7.45. The Morgan fingerprint density at radius 2 is 1.21 bits per heavy atom. The van der Waals surface area contributed by atoms with Gasteiger partial charge in [-0.1, -0.05) is 18.2 Å². The SMILES string of the molecule is C=CCC(CC=C)CO[Si](CC=C)(OCC)OCC.OCC(CO)(CO)CO. The van der Waals surface area contributed by atoms with Crippen LogP contribution in [-0.4, -0.2) is 75.5 Å². The zero-order chi connectivity index (χ0) is 21.9. The van der Waals surface area contributed by atoms with Gasteiger partial charge in [0.25, 0.3) is 0 Å². The molecule has 0 spiro atoms. The van der Waals surface area contributed by atoms with Crippen LogP contribution in [-0.2, 0) is 13.3 Å². The van der Waals surface area contributed by atoms with Gasteiger partial charge in [0.05, 0.1) is 31.8 Å². The third kappa shape index (κ3) is 11.9. The average Bonchev–Trinajstić information content (AvgIpc) is 2.70. The van der Waals surface area contributed by atoms with Crippen LogP contribution in [0.15, 0.2) is 38.0 Å². The van der Waals surface area contributed by atoms with Crippen LogP contribution < -0.4 is 0 Å². The van der Waals surface area contributed by atoms with Crippen LogP contribution in [0.2, 0.25) is 6.04 Å². The van der Waals surface area contributed by atoms with Crippen LogP contribution in [0, 0.1) is 11.3 Å². The van der Waals surface area contributed by atoms with Crippen molar-refractivity contribution in [2.24, 2.45) is 11.3 Å². The van der Waals surface area contributed by atoms with Crippen molar-refractivity contribution < 1.29 is 33.7 Å².